The van der Waals surface area contributed by atoms with E-state index in [9.17, 15) is 0 Å². The van der Waals surface area contributed by atoms with Gasteiger partial charge in [-0.05, 0) is 54.4 Å². The Labute approximate surface area is 135 Å². The number of hydrogen-bond acceptors (Lipinski definition) is 2. The van der Waals surface area contributed by atoms with Gasteiger partial charge in [0.1, 0.15) is 5.76 Å². The van der Waals surface area contributed by atoms with Gasteiger partial charge < -0.3 is 15.1 Å². The zero-order chi connectivity index (χ0) is 15.2. The zero-order valence-corrected chi connectivity index (χ0v) is 13.8. The summed E-state index contributed by atoms with van der Waals surface area (Å²) in [4.78, 5) is 0. The maximum absolute atomic E-state index is 6.28. The van der Waals surface area contributed by atoms with Crippen molar-refractivity contribution in [3.05, 3.63) is 52.4 Å². The van der Waals surface area contributed by atoms with Crippen LogP contribution in [0.15, 0.2) is 34.9 Å². The molecule has 0 atom stereocenters. The van der Waals surface area contributed by atoms with Gasteiger partial charge in [0.05, 0.1) is 12.8 Å². The van der Waals surface area contributed by atoms with Gasteiger partial charge in [-0.25, -0.2) is 0 Å². The van der Waals surface area contributed by atoms with Crippen molar-refractivity contribution < 1.29 is 4.42 Å². The lowest BCUT2D eigenvalue weighted by molar-refractivity contribution is 0.503. The van der Waals surface area contributed by atoms with Gasteiger partial charge in [0.25, 0.3) is 0 Å². The van der Waals surface area contributed by atoms with Crippen LogP contribution in [-0.2, 0) is 19.4 Å². The van der Waals surface area contributed by atoms with Gasteiger partial charge in [-0.2, -0.15) is 0 Å². The molecule has 0 bridgehead atoms. The minimum atomic E-state index is 0.558. The average molecular weight is 323 g/mol. The highest BCUT2D eigenvalue weighted by Crippen LogP contribution is 2.29. The summed E-state index contributed by atoms with van der Waals surface area (Å²) in [7, 11) is 0. The monoisotopic (exact) mass is 322 g/mol. The van der Waals surface area contributed by atoms with Crippen molar-refractivity contribution in [2.75, 3.05) is 5.32 Å². The summed E-state index contributed by atoms with van der Waals surface area (Å²) in [5, 5.41) is 7.75. The van der Waals surface area contributed by atoms with Gasteiger partial charge in [-0.3, -0.25) is 0 Å². The number of hydrogen-bond donors (Lipinski definition) is 2. The van der Waals surface area contributed by atoms with Crippen molar-refractivity contribution in [3.8, 4) is 0 Å². The zero-order valence-electron chi connectivity index (χ0n) is 12.2. The van der Waals surface area contributed by atoms with Crippen LogP contribution >= 0.6 is 23.8 Å². The minimum Gasteiger partial charge on any atom is -0.467 e. The SMILES string of the molecule is CCc1ccc(Cl)c(CC)c1NC(=S)NCc1ccco1. The number of benzene rings is 1. The van der Waals surface area contributed by atoms with Crippen molar-refractivity contribution >= 4 is 34.6 Å². The summed E-state index contributed by atoms with van der Waals surface area (Å²) in [6.45, 7) is 4.76. The first-order valence-electron chi connectivity index (χ1n) is 7.03. The van der Waals surface area contributed by atoms with E-state index < -0.39 is 0 Å². The van der Waals surface area contributed by atoms with Crippen LogP contribution < -0.4 is 10.6 Å². The molecule has 0 saturated carbocycles. The summed E-state index contributed by atoms with van der Waals surface area (Å²) in [6, 6.07) is 7.75. The van der Waals surface area contributed by atoms with Gasteiger partial charge in [-0.15, -0.1) is 0 Å². The van der Waals surface area contributed by atoms with E-state index in [1.54, 1.807) is 6.26 Å². The molecule has 3 nitrogen and oxygen atoms in total. The number of anilines is 1. The third kappa shape index (κ3) is 3.99. The summed E-state index contributed by atoms with van der Waals surface area (Å²) in [5.74, 6) is 0.844. The Morgan fingerprint density at radius 3 is 2.67 bits per heavy atom. The Balaban J connectivity index is 2.10. The fraction of sp³-hybridized carbons (Fsp3) is 0.312. The highest BCUT2D eigenvalue weighted by molar-refractivity contribution is 7.80. The van der Waals surface area contributed by atoms with Gasteiger partial charge >= 0.3 is 0 Å². The molecular weight excluding hydrogens is 304 g/mol. The number of furan rings is 1. The van der Waals surface area contributed by atoms with Gasteiger partial charge in [-0.1, -0.05) is 31.5 Å². The highest BCUT2D eigenvalue weighted by atomic mass is 35.5. The average Bonchev–Trinajstić information content (AvgIpc) is 2.99. The molecule has 0 saturated heterocycles. The molecule has 0 radical (unpaired) electrons. The quantitative estimate of drug-likeness (QED) is 0.792. The standard InChI is InChI=1S/C16H19ClN2OS/c1-3-11-7-8-14(17)13(4-2)15(11)19-16(21)18-10-12-6-5-9-20-12/h5-9H,3-4,10H2,1-2H3,(H2,18,19,21). The predicted molar refractivity (Wildman–Crippen MR) is 92.0 cm³/mol. The second kappa shape index (κ2) is 7.48. The lowest BCUT2D eigenvalue weighted by Crippen LogP contribution is -2.28. The van der Waals surface area contributed by atoms with E-state index >= 15 is 0 Å². The Hall–Kier alpha value is -1.52. The molecule has 2 rings (SSSR count). The Bertz CT molecular complexity index is 611. The minimum absolute atomic E-state index is 0.558. The van der Waals surface area contributed by atoms with Crippen LogP contribution in [-0.4, -0.2) is 5.11 Å². The smallest absolute Gasteiger partial charge is 0.171 e. The van der Waals surface area contributed by atoms with E-state index in [-0.39, 0.29) is 0 Å². The molecular formula is C16H19ClN2OS. The maximum atomic E-state index is 6.28. The second-order valence-corrected chi connectivity index (χ2v) is 5.47. The summed E-state index contributed by atoms with van der Waals surface area (Å²) < 4.78 is 5.27. The Morgan fingerprint density at radius 2 is 2.05 bits per heavy atom. The molecule has 1 heterocycles. The first kappa shape index (κ1) is 15.9. The molecule has 0 fully saturated rings. The van der Waals surface area contributed by atoms with Crippen LogP contribution in [0.1, 0.15) is 30.7 Å². The maximum Gasteiger partial charge on any atom is 0.171 e. The molecule has 21 heavy (non-hydrogen) atoms. The number of aryl methyl sites for hydroxylation is 1. The lowest BCUT2D eigenvalue weighted by atomic mass is 10.0. The molecule has 2 aromatic rings. The molecule has 0 spiro atoms. The van der Waals surface area contributed by atoms with Gasteiger partial charge in [0.15, 0.2) is 5.11 Å². The van der Waals surface area contributed by atoms with E-state index in [2.05, 4.69) is 24.5 Å². The summed E-state index contributed by atoms with van der Waals surface area (Å²) in [6.07, 6.45) is 3.43. The molecule has 1 aromatic carbocycles. The largest absolute Gasteiger partial charge is 0.467 e. The summed E-state index contributed by atoms with van der Waals surface area (Å²) in [5.41, 5.74) is 3.32. The van der Waals surface area contributed by atoms with Crippen LogP contribution in [0.5, 0.6) is 0 Å². The van der Waals surface area contributed by atoms with E-state index in [0.717, 1.165) is 34.9 Å². The van der Waals surface area contributed by atoms with E-state index in [1.807, 2.05) is 24.3 Å². The number of halogens is 1. The topological polar surface area (TPSA) is 37.2 Å². The van der Waals surface area contributed by atoms with Crippen LogP contribution in [0.4, 0.5) is 5.69 Å². The van der Waals surface area contributed by atoms with Crippen molar-refractivity contribution in [3.63, 3.8) is 0 Å². The van der Waals surface area contributed by atoms with Crippen molar-refractivity contribution in [1.82, 2.24) is 5.32 Å². The van der Waals surface area contributed by atoms with Gasteiger partial charge in [0.2, 0.25) is 0 Å². The molecule has 0 amide bonds. The van der Waals surface area contributed by atoms with E-state index in [0.29, 0.717) is 11.7 Å². The van der Waals surface area contributed by atoms with E-state index in [4.69, 9.17) is 28.2 Å². The fourth-order valence-corrected chi connectivity index (χ4v) is 2.67. The molecule has 5 heteroatoms. The van der Waals surface area contributed by atoms with Crippen LogP contribution in [0.25, 0.3) is 0 Å². The fourth-order valence-electron chi connectivity index (χ4n) is 2.21. The first-order chi connectivity index (χ1) is 10.2. The molecule has 1 aromatic heterocycles. The molecule has 0 aliphatic heterocycles. The molecule has 0 unspecified atom stereocenters. The first-order valence-corrected chi connectivity index (χ1v) is 7.81. The number of nitrogens with one attached hydrogen (secondary N) is 2. The van der Waals surface area contributed by atoms with Crippen LogP contribution in [0.2, 0.25) is 5.02 Å². The van der Waals surface area contributed by atoms with Crippen LogP contribution in [0.3, 0.4) is 0 Å². The second-order valence-electron chi connectivity index (χ2n) is 4.65. The normalized spacial score (nSPS) is 10.4. The molecule has 112 valence electrons. The van der Waals surface area contributed by atoms with Crippen molar-refractivity contribution in [2.24, 2.45) is 0 Å². The third-order valence-corrected chi connectivity index (χ3v) is 3.92. The Morgan fingerprint density at radius 1 is 1.24 bits per heavy atom. The lowest BCUT2D eigenvalue weighted by Gasteiger charge is -2.17. The Kier molecular flexibility index (Phi) is 5.65. The van der Waals surface area contributed by atoms with Gasteiger partial charge in [0, 0.05) is 10.7 Å². The highest BCUT2D eigenvalue weighted by Gasteiger charge is 2.11. The number of rotatable bonds is 5. The molecule has 2 N–H and O–H groups in total. The van der Waals surface area contributed by atoms with Crippen molar-refractivity contribution in [2.45, 2.75) is 33.2 Å². The molecule has 0 aliphatic rings. The molecule has 0 aliphatic carbocycles. The predicted octanol–water partition coefficient (Wildman–Crippen LogP) is 4.54. The third-order valence-electron chi connectivity index (χ3n) is 3.32. The van der Waals surface area contributed by atoms with E-state index in [1.165, 1.54) is 5.56 Å². The van der Waals surface area contributed by atoms with Crippen LogP contribution in [0, 0.1) is 0 Å². The summed E-state index contributed by atoms with van der Waals surface area (Å²) >= 11 is 11.6. The van der Waals surface area contributed by atoms with Crippen molar-refractivity contribution in [1.29, 1.82) is 0 Å². The number of thiocarbonyl (C=S) groups is 1.